The number of hydrogen-bond donors (Lipinski definition) is 0. The molecule has 0 N–H and O–H groups in total. The van der Waals surface area contributed by atoms with E-state index in [1.165, 1.54) is 33.6 Å². The van der Waals surface area contributed by atoms with Crippen LogP contribution >= 0.6 is 0 Å². The molecule has 0 spiro atoms. The van der Waals surface area contributed by atoms with Gasteiger partial charge in [-0.15, -0.1) is 0 Å². The van der Waals surface area contributed by atoms with E-state index in [-0.39, 0.29) is 19.8 Å². The Hall–Kier alpha value is -7.17. The Labute approximate surface area is 531 Å². The van der Waals surface area contributed by atoms with Gasteiger partial charge >= 0.3 is 66.0 Å². The van der Waals surface area contributed by atoms with E-state index in [1.54, 1.807) is 30.3 Å². The second kappa shape index (κ2) is 41.3. The highest BCUT2D eigenvalue weighted by Crippen LogP contribution is 2.25. The van der Waals surface area contributed by atoms with Crippen molar-refractivity contribution in [3.05, 3.63) is 35.9 Å². The summed E-state index contributed by atoms with van der Waals surface area (Å²) in [5.74, 6) is -8.99. The topological polar surface area (TPSA) is 314 Å². The van der Waals surface area contributed by atoms with E-state index in [9.17, 15) is 52.7 Å². The van der Waals surface area contributed by atoms with Crippen molar-refractivity contribution in [1.29, 1.82) is 0 Å². The van der Waals surface area contributed by atoms with Gasteiger partial charge in [-0.1, -0.05) is 57.0 Å². The predicted octanol–water partition coefficient (Wildman–Crippen LogP) is 4.86. The van der Waals surface area contributed by atoms with Crippen LogP contribution in [0.15, 0.2) is 30.3 Å². The van der Waals surface area contributed by atoms with Gasteiger partial charge in [-0.05, 0) is 82.2 Å². The van der Waals surface area contributed by atoms with Crippen LogP contribution in [-0.2, 0) is 111 Å². The van der Waals surface area contributed by atoms with Crippen LogP contribution in [-0.4, -0.2) is 258 Å². The summed E-state index contributed by atoms with van der Waals surface area (Å²) in [7, 11) is 16.1. The van der Waals surface area contributed by atoms with Gasteiger partial charge in [0.1, 0.15) is 62.5 Å². The normalized spacial score (nSPS) is 14.7. The number of carbonyl (C=O) groups is 11. The number of esters is 9. The Kier molecular flexibility index (Phi) is 38.0. The van der Waals surface area contributed by atoms with Gasteiger partial charge in [-0.2, -0.15) is 0 Å². The van der Waals surface area contributed by atoms with Gasteiger partial charge in [0, 0.05) is 39.8 Å². The first-order valence-electron chi connectivity index (χ1n) is 29.9. The van der Waals surface area contributed by atoms with Crippen molar-refractivity contribution in [1.82, 2.24) is 9.80 Å². The van der Waals surface area contributed by atoms with Gasteiger partial charge in [0.15, 0.2) is 24.4 Å². The molecular weight excluding hydrogens is 1180 g/mol. The number of quaternary nitrogens is 2. The van der Waals surface area contributed by atoms with Gasteiger partial charge < -0.3 is 80.3 Å². The molecule has 6 unspecified atom stereocenters. The summed E-state index contributed by atoms with van der Waals surface area (Å²) in [6.45, 7) is 15.5. The third kappa shape index (κ3) is 35.3. The van der Waals surface area contributed by atoms with Crippen LogP contribution in [0.1, 0.15) is 107 Å². The van der Waals surface area contributed by atoms with Gasteiger partial charge in [0.2, 0.25) is 0 Å². The molecule has 0 fully saturated rings. The second-order valence-electron chi connectivity index (χ2n) is 24.6. The number of unbranched alkanes of at least 4 members (excludes halogenated alkanes) is 1. The van der Waals surface area contributed by atoms with Crippen LogP contribution in [0, 0.1) is 16.2 Å². The summed E-state index contributed by atoms with van der Waals surface area (Å²) in [6.07, 6.45) is -5.95. The summed E-state index contributed by atoms with van der Waals surface area (Å²) >= 11 is 0. The van der Waals surface area contributed by atoms with Crippen LogP contribution in [0.5, 0.6) is 0 Å². The number of nitrogens with zero attached hydrogens (tertiary/aromatic N) is 4. The minimum atomic E-state index is -1.95. The summed E-state index contributed by atoms with van der Waals surface area (Å²) < 4.78 is 69.2. The first-order valence-corrected chi connectivity index (χ1v) is 29.9. The average molecular weight is 1290 g/mol. The van der Waals surface area contributed by atoms with E-state index in [0.29, 0.717) is 40.5 Å². The maximum Gasteiger partial charge on any atom is 0.509 e. The Balaban J connectivity index is 0.0000192. The quantitative estimate of drug-likeness (QED) is 0.0367. The van der Waals surface area contributed by atoms with E-state index < -0.39 is 146 Å². The molecule has 0 aliphatic carbocycles. The van der Waals surface area contributed by atoms with Crippen molar-refractivity contribution >= 4 is 66.0 Å². The molecule has 514 valence electrons. The zero-order valence-corrected chi connectivity index (χ0v) is 56.7. The molecule has 0 bridgehead atoms. The Morgan fingerprint density at radius 1 is 0.422 bits per heavy atom. The fourth-order valence-electron chi connectivity index (χ4n) is 6.95. The fraction of sp³-hybridized carbons (Fsp3) is 0.726. The minimum absolute atomic E-state index is 0.0302. The minimum Gasteiger partial charge on any atom is -0.465 e. The molecule has 0 aliphatic heterocycles. The lowest BCUT2D eigenvalue weighted by Gasteiger charge is -2.31. The van der Waals surface area contributed by atoms with Crippen molar-refractivity contribution in [3.8, 4) is 0 Å². The Morgan fingerprint density at radius 3 is 1.06 bits per heavy atom. The first kappa shape index (κ1) is 82.8. The van der Waals surface area contributed by atoms with E-state index >= 15 is 0 Å². The van der Waals surface area contributed by atoms with Crippen molar-refractivity contribution in [2.24, 2.45) is 16.2 Å². The Bertz CT molecular complexity index is 2300. The molecule has 6 atom stereocenters. The molecule has 0 heterocycles. The van der Waals surface area contributed by atoms with E-state index in [1.807, 2.05) is 56.4 Å². The van der Waals surface area contributed by atoms with Crippen molar-refractivity contribution < 1.29 is 123 Å². The fourth-order valence-corrected chi connectivity index (χ4v) is 6.95. The highest BCUT2D eigenvalue weighted by atomic mass is 16.7. The van der Waals surface area contributed by atoms with E-state index in [2.05, 4.69) is 23.6 Å². The third-order valence-electron chi connectivity index (χ3n) is 13.5. The zero-order chi connectivity index (χ0) is 69.1. The molecule has 1 rings (SSSR count). The molecule has 1 aromatic rings. The van der Waals surface area contributed by atoms with Crippen LogP contribution in [0.2, 0.25) is 0 Å². The molecule has 1 aromatic carbocycles. The largest absolute Gasteiger partial charge is 0.509 e. The molecule has 0 saturated carbocycles. The van der Waals surface area contributed by atoms with Gasteiger partial charge in [0.05, 0.1) is 67.6 Å². The molecule has 0 radical (unpaired) electrons. The highest BCUT2D eigenvalue weighted by molar-refractivity contribution is 5.84. The Morgan fingerprint density at radius 2 is 0.733 bits per heavy atom. The van der Waals surface area contributed by atoms with Crippen molar-refractivity contribution in [2.75, 3.05) is 149 Å². The molecule has 28 heteroatoms. The van der Waals surface area contributed by atoms with Crippen molar-refractivity contribution in [2.45, 2.75) is 133 Å². The van der Waals surface area contributed by atoms with Gasteiger partial charge in [-0.25, -0.2) is 28.8 Å². The SMILES string of the molecule is CC(=O)OCC(C)(COC(=O)OC(C)C(=O)OC(C)C(=O)OCC(C)(COC(=O)C(C)OC(=O)C(C)OC(=O)OCC(C)(COC(C)=O)C(=O)OCCC[N+](C)(C)CCN(C)C)C(=O)OCc1ccccc1)C(=O)OCCC[N+](C)(C)CCN(C)C.CCCC. The van der Waals surface area contributed by atoms with Gasteiger partial charge in [0.25, 0.3) is 0 Å². The smallest absolute Gasteiger partial charge is 0.465 e. The van der Waals surface area contributed by atoms with Crippen molar-refractivity contribution in [3.63, 3.8) is 0 Å². The summed E-state index contributed by atoms with van der Waals surface area (Å²) in [5.41, 5.74) is -4.73. The van der Waals surface area contributed by atoms with Gasteiger partial charge in [-0.3, -0.25) is 24.0 Å². The van der Waals surface area contributed by atoms with E-state index in [4.69, 9.17) is 61.6 Å². The lowest BCUT2D eigenvalue weighted by molar-refractivity contribution is -0.890. The maximum atomic E-state index is 13.6. The number of ether oxygens (including phenoxy) is 13. The lowest BCUT2D eigenvalue weighted by Crippen LogP contribution is -2.45. The summed E-state index contributed by atoms with van der Waals surface area (Å²) in [6, 6.07) is 8.46. The standard InChI is InChI=1S/C58H94N4O24.C4H10/c1-40(83-49(67)42(3)85-54(72)81-38-56(7,34-77-44(5)63)51(69)74-31-21-27-61(14,15)29-25-59(10)11)47(65)79-36-58(9,53(71)76-33-46-23-19-18-20-24-46)37-80-48(66)41(2)84-50(68)43(4)86-55(73)82-39-57(8,35-78-45(6)64)52(70)75-32-22-28-62(16,17)30-26-60(12)13;1-3-4-2/h18-20,23-24,40-43H,21-22,25-39H2,1-17H3;3-4H2,1-2H3/q+2;. The molecular formula is C62H104N4O24+2. The average Bonchev–Trinajstić information content (AvgIpc) is 1.12. The molecule has 0 aromatic heterocycles. The molecule has 90 heavy (non-hydrogen) atoms. The summed E-state index contributed by atoms with van der Waals surface area (Å²) in [4.78, 5) is 146. The van der Waals surface area contributed by atoms with Crippen LogP contribution in [0.3, 0.4) is 0 Å². The summed E-state index contributed by atoms with van der Waals surface area (Å²) in [5, 5.41) is 0. The number of likely N-dealkylation sites (N-methyl/N-ethyl adjacent to an activating group) is 4. The zero-order valence-electron chi connectivity index (χ0n) is 56.7. The molecule has 28 nitrogen and oxygen atoms in total. The maximum absolute atomic E-state index is 13.6. The molecule has 0 aliphatic rings. The van der Waals surface area contributed by atoms with Crippen LogP contribution in [0.25, 0.3) is 0 Å². The molecule has 0 amide bonds. The number of hydrogen-bond acceptors (Lipinski definition) is 26. The molecule has 0 saturated heterocycles. The number of rotatable bonds is 40. The second-order valence-corrected chi connectivity index (χ2v) is 24.6. The van der Waals surface area contributed by atoms with Crippen LogP contribution in [0.4, 0.5) is 9.59 Å². The van der Waals surface area contributed by atoms with E-state index in [0.717, 1.165) is 67.7 Å². The number of carbonyl (C=O) groups excluding carboxylic acids is 11. The predicted molar refractivity (Wildman–Crippen MR) is 323 cm³/mol. The third-order valence-corrected chi connectivity index (χ3v) is 13.5. The monoisotopic (exact) mass is 1290 g/mol. The van der Waals surface area contributed by atoms with Crippen LogP contribution < -0.4 is 0 Å². The highest BCUT2D eigenvalue weighted by Gasteiger charge is 2.43. The number of benzene rings is 1. The lowest BCUT2D eigenvalue weighted by atomic mass is 9.93. The first-order chi connectivity index (χ1) is 41.8.